The Hall–Kier alpha value is -2.10. The van der Waals surface area contributed by atoms with Crippen molar-refractivity contribution >= 4 is 49.5 Å². The monoisotopic (exact) mass is 434 g/mol. The predicted octanol–water partition coefficient (Wildman–Crippen LogP) is 4.77. The number of nitriles is 1. The third kappa shape index (κ3) is 4.44. The summed E-state index contributed by atoms with van der Waals surface area (Å²) in [6.07, 6.45) is 1.52. The van der Waals surface area contributed by atoms with Gasteiger partial charge in [0.05, 0.1) is 17.3 Å². The molecule has 0 heterocycles. The minimum atomic E-state index is -0.466. The van der Waals surface area contributed by atoms with Crippen molar-refractivity contribution in [3.05, 3.63) is 62.5 Å². The average Bonchev–Trinajstić information content (AvgIpc) is 2.54. The zero-order chi connectivity index (χ0) is 16.8. The van der Waals surface area contributed by atoms with E-state index in [1.807, 2.05) is 18.2 Å². The summed E-state index contributed by atoms with van der Waals surface area (Å²) in [5.74, 6) is 0.213. The van der Waals surface area contributed by atoms with Gasteiger partial charge in [-0.25, -0.2) is 0 Å². The molecule has 0 aliphatic rings. The van der Waals surface area contributed by atoms with Gasteiger partial charge < -0.3 is 10.1 Å². The van der Waals surface area contributed by atoms with Crippen LogP contribution < -0.4 is 10.1 Å². The van der Waals surface area contributed by atoms with Gasteiger partial charge in [0.1, 0.15) is 17.4 Å². The zero-order valence-corrected chi connectivity index (χ0v) is 15.3. The fourth-order valence-corrected chi connectivity index (χ4v) is 2.78. The summed E-state index contributed by atoms with van der Waals surface area (Å²) in [5.41, 5.74) is 1.34. The fraction of sp³-hybridized carbons (Fsp3) is 0.0588. The second kappa shape index (κ2) is 7.95. The number of benzene rings is 2. The van der Waals surface area contributed by atoms with Crippen LogP contribution in [0.15, 0.2) is 57.0 Å². The molecule has 0 spiro atoms. The quantitative estimate of drug-likeness (QED) is 0.555. The van der Waals surface area contributed by atoms with Gasteiger partial charge in [-0.15, -0.1) is 0 Å². The van der Waals surface area contributed by atoms with Gasteiger partial charge in [0.15, 0.2) is 0 Å². The Balaban J connectivity index is 2.25. The molecule has 23 heavy (non-hydrogen) atoms. The largest absolute Gasteiger partial charge is 0.496 e. The Morgan fingerprint density at radius 2 is 1.96 bits per heavy atom. The first-order chi connectivity index (χ1) is 11.0. The molecule has 0 atom stereocenters. The number of carbonyl (C=O) groups excluding carboxylic acids is 1. The summed E-state index contributed by atoms with van der Waals surface area (Å²) in [4.78, 5) is 12.2. The lowest BCUT2D eigenvalue weighted by Crippen LogP contribution is -2.13. The van der Waals surface area contributed by atoms with Crippen molar-refractivity contribution in [2.45, 2.75) is 0 Å². The van der Waals surface area contributed by atoms with Crippen molar-refractivity contribution in [2.75, 3.05) is 12.4 Å². The summed E-state index contributed by atoms with van der Waals surface area (Å²) in [6.45, 7) is 0. The van der Waals surface area contributed by atoms with Crippen LogP contribution in [0.5, 0.6) is 5.75 Å². The average molecular weight is 436 g/mol. The number of hydrogen-bond donors (Lipinski definition) is 1. The molecule has 0 radical (unpaired) electrons. The van der Waals surface area contributed by atoms with Crippen molar-refractivity contribution in [1.82, 2.24) is 0 Å². The van der Waals surface area contributed by atoms with Crippen LogP contribution in [0.4, 0.5) is 5.69 Å². The van der Waals surface area contributed by atoms with Gasteiger partial charge in [-0.1, -0.05) is 18.2 Å². The van der Waals surface area contributed by atoms with E-state index in [4.69, 9.17) is 4.74 Å². The van der Waals surface area contributed by atoms with Gasteiger partial charge in [-0.2, -0.15) is 5.26 Å². The van der Waals surface area contributed by atoms with Gasteiger partial charge in [0.25, 0.3) is 5.91 Å². The number of nitrogens with one attached hydrogen (secondary N) is 1. The number of halogens is 2. The third-order valence-corrected chi connectivity index (χ3v) is 4.29. The van der Waals surface area contributed by atoms with Crippen LogP contribution in [0.25, 0.3) is 6.08 Å². The lowest BCUT2D eigenvalue weighted by molar-refractivity contribution is -0.112. The number of carbonyl (C=O) groups is 1. The molecule has 0 fully saturated rings. The second-order valence-electron chi connectivity index (χ2n) is 4.50. The highest BCUT2D eigenvalue weighted by Gasteiger charge is 2.11. The molecule has 0 saturated carbocycles. The summed E-state index contributed by atoms with van der Waals surface area (Å²) < 4.78 is 6.65. The third-order valence-electron chi connectivity index (χ3n) is 2.97. The molecular weight excluding hydrogens is 424 g/mol. The number of para-hydroxylation sites is 1. The van der Waals surface area contributed by atoms with Gasteiger partial charge in [-0.05, 0) is 67.8 Å². The number of nitrogens with zero attached hydrogens (tertiary/aromatic N) is 1. The van der Waals surface area contributed by atoms with E-state index >= 15 is 0 Å². The van der Waals surface area contributed by atoms with Crippen LogP contribution >= 0.6 is 31.9 Å². The number of hydrogen-bond acceptors (Lipinski definition) is 3. The smallest absolute Gasteiger partial charge is 0.266 e. The van der Waals surface area contributed by atoms with Gasteiger partial charge in [0.2, 0.25) is 0 Å². The molecule has 0 aromatic heterocycles. The lowest BCUT2D eigenvalue weighted by atomic mass is 10.1. The van der Waals surface area contributed by atoms with Gasteiger partial charge in [-0.3, -0.25) is 4.79 Å². The Kier molecular flexibility index (Phi) is 5.97. The van der Waals surface area contributed by atoms with E-state index in [1.165, 1.54) is 6.08 Å². The molecule has 6 heteroatoms. The summed E-state index contributed by atoms with van der Waals surface area (Å²) in [6, 6.07) is 14.4. The number of amides is 1. The highest BCUT2D eigenvalue weighted by Crippen LogP contribution is 2.27. The number of ether oxygens (including phenoxy) is 1. The highest BCUT2D eigenvalue weighted by atomic mass is 79.9. The normalized spacial score (nSPS) is 10.8. The van der Waals surface area contributed by atoms with Crippen LogP contribution in [0.1, 0.15) is 5.56 Å². The summed E-state index contributed by atoms with van der Waals surface area (Å²) in [5, 5.41) is 12.0. The molecular formula is C17H12Br2N2O2. The van der Waals surface area contributed by atoms with Crippen LogP contribution in [0, 0.1) is 11.3 Å². The van der Waals surface area contributed by atoms with Crippen LogP contribution in [0.2, 0.25) is 0 Å². The van der Waals surface area contributed by atoms with E-state index in [0.29, 0.717) is 11.4 Å². The molecule has 2 aromatic carbocycles. The molecule has 2 rings (SSSR count). The highest BCUT2D eigenvalue weighted by molar-refractivity contribution is 9.11. The minimum absolute atomic E-state index is 0.0119. The molecule has 0 unspecified atom stereocenters. The number of rotatable bonds is 4. The molecule has 0 aliphatic heterocycles. The standard InChI is InChI=1S/C17H12Br2N2O2/c1-23-16-7-6-11(9-14(16)19)8-12(10-20)17(22)21-15-5-3-2-4-13(15)18/h2-9H,1H3,(H,21,22)/b12-8+. The summed E-state index contributed by atoms with van der Waals surface area (Å²) in [7, 11) is 1.57. The van der Waals surface area contributed by atoms with E-state index in [1.54, 1.807) is 37.4 Å². The van der Waals surface area contributed by atoms with Crippen LogP contribution in [-0.2, 0) is 4.79 Å². The van der Waals surface area contributed by atoms with Crippen molar-refractivity contribution in [3.8, 4) is 11.8 Å². The van der Waals surface area contributed by atoms with Crippen molar-refractivity contribution in [3.63, 3.8) is 0 Å². The minimum Gasteiger partial charge on any atom is -0.496 e. The van der Waals surface area contributed by atoms with E-state index in [0.717, 1.165) is 14.5 Å². The maximum atomic E-state index is 12.2. The Morgan fingerprint density at radius 1 is 1.22 bits per heavy atom. The summed E-state index contributed by atoms with van der Waals surface area (Å²) >= 11 is 6.73. The first kappa shape index (κ1) is 17.3. The predicted molar refractivity (Wildman–Crippen MR) is 97.1 cm³/mol. The van der Waals surface area contributed by atoms with E-state index in [2.05, 4.69) is 37.2 Å². The van der Waals surface area contributed by atoms with Crippen molar-refractivity contribution < 1.29 is 9.53 Å². The van der Waals surface area contributed by atoms with Crippen molar-refractivity contribution in [2.24, 2.45) is 0 Å². The number of methoxy groups -OCH3 is 1. The lowest BCUT2D eigenvalue weighted by Gasteiger charge is -2.07. The number of anilines is 1. The van der Waals surface area contributed by atoms with Crippen LogP contribution in [-0.4, -0.2) is 13.0 Å². The zero-order valence-electron chi connectivity index (χ0n) is 12.1. The first-order valence-electron chi connectivity index (χ1n) is 6.56. The second-order valence-corrected chi connectivity index (χ2v) is 6.21. The van der Waals surface area contributed by atoms with E-state index in [-0.39, 0.29) is 5.57 Å². The molecule has 116 valence electrons. The van der Waals surface area contributed by atoms with Gasteiger partial charge >= 0.3 is 0 Å². The molecule has 1 amide bonds. The Labute approximate surface area is 151 Å². The Morgan fingerprint density at radius 3 is 2.57 bits per heavy atom. The van der Waals surface area contributed by atoms with Crippen molar-refractivity contribution in [1.29, 1.82) is 5.26 Å². The molecule has 0 bridgehead atoms. The van der Waals surface area contributed by atoms with E-state index in [9.17, 15) is 10.1 Å². The van der Waals surface area contributed by atoms with Crippen LogP contribution in [0.3, 0.4) is 0 Å². The molecule has 0 saturated heterocycles. The van der Waals surface area contributed by atoms with E-state index < -0.39 is 5.91 Å². The molecule has 1 N–H and O–H groups in total. The first-order valence-corrected chi connectivity index (χ1v) is 8.15. The molecule has 0 aliphatic carbocycles. The molecule has 2 aromatic rings. The Bertz CT molecular complexity index is 810. The SMILES string of the molecule is COc1ccc(/C=C(\C#N)C(=O)Nc2ccccc2Br)cc1Br. The topological polar surface area (TPSA) is 62.1 Å². The maximum absolute atomic E-state index is 12.2. The molecule has 4 nitrogen and oxygen atoms in total. The van der Waals surface area contributed by atoms with Gasteiger partial charge in [0, 0.05) is 4.47 Å². The maximum Gasteiger partial charge on any atom is 0.266 e. The fourth-order valence-electron chi connectivity index (χ4n) is 1.84.